The van der Waals surface area contributed by atoms with Crippen molar-refractivity contribution in [2.45, 2.75) is 0 Å². The number of halogens is 1. The molecule has 0 spiro atoms. The average Bonchev–Trinajstić information content (AvgIpc) is 2.29. The normalized spacial score (nSPS) is 9.23. The van der Waals surface area contributed by atoms with E-state index in [2.05, 4.69) is 4.98 Å². The number of hydrogen-bond donors (Lipinski definition) is 0. The first-order chi connectivity index (χ1) is 5.86. The first kappa shape index (κ1) is 9.68. The van der Waals surface area contributed by atoms with E-state index in [-0.39, 0.29) is 17.8 Å². The predicted molar refractivity (Wildman–Crippen MR) is 55.3 cm³/mol. The van der Waals surface area contributed by atoms with E-state index >= 15 is 0 Å². The molecular formula is C10H8ClNO. The monoisotopic (exact) mass is 193 g/mol. The Morgan fingerprint density at radius 2 is 1.77 bits per heavy atom. The molecular weight excluding hydrogens is 186 g/mol. The number of hydrogen-bond acceptors (Lipinski definition) is 2. The minimum atomic E-state index is -0.0637. The van der Waals surface area contributed by atoms with Crippen molar-refractivity contribution < 1.29 is 0 Å². The Kier molecular flexibility index (Phi) is 2.98. The van der Waals surface area contributed by atoms with Crippen LogP contribution >= 0.6 is 12.4 Å². The van der Waals surface area contributed by atoms with Crippen molar-refractivity contribution in [1.82, 2.24) is 4.98 Å². The quantitative estimate of drug-likeness (QED) is 0.641. The van der Waals surface area contributed by atoms with E-state index in [1.807, 2.05) is 24.3 Å². The van der Waals surface area contributed by atoms with Gasteiger partial charge in [-0.25, -0.2) is 0 Å². The Balaban J connectivity index is 0.000000845. The van der Waals surface area contributed by atoms with Crippen LogP contribution in [0.2, 0.25) is 0 Å². The van der Waals surface area contributed by atoms with Crippen LogP contribution in [0.15, 0.2) is 47.4 Å². The van der Waals surface area contributed by atoms with Crippen molar-refractivity contribution in [3.8, 4) is 0 Å². The molecule has 0 saturated heterocycles. The zero-order valence-electron chi connectivity index (χ0n) is 6.81. The number of fused-ring (bicyclic) bond motifs is 1. The summed E-state index contributed by atoms with van der Waals surface area (Å²) in [6.45, 7) is 0. The Hall–Kier alpha value is -1.41. The van der Waals surface area contributed by atoms with Crippen LogP contribution in [-0.4, -0.2) is 4.98 Å². The maximum Gasteiger partial charge on any atom is 0.196 e. The lowest BCUT2D eigenvalue weighted by Gasteiger charge is -1.86. The zero-order valence-corrected chi connectivity index (χ0v) is 7.62. The third kappa shape index (κ3) is 2.04. The molecule has 0 atom stereocenters. The SMILES string of the molecule is Cl.O=c1ccc2ccccc2nc1. The highest BCUT2D eigenvalue weighted by molar-refractivity contribution is 5.85. The molecule has 13 heavy (non-hydrogen) atoms. The second-order valence-corrected chi connectivity index (χ2v) is 2.55. The Labute approximate surface area is 81.7 Å². The molecule has 0 bridgehead atoms. The lowest BCUT2D eigenvalue weighted by Crippen LogP contribution is -1.89. The van der Waals surface area contributed by atoms with Crippen LogP contribution < -0.4 is 5.43 Å². The van der Waals surface area contributed by atoms with Crippen molar-refractivity contribution in [3.63, 3.8) is 0 Å². The van der Waals surface area contributed by atoms with Crippen LogP contribution in [0.25, 0.3) is 10.9 Å². The summed E-state index contributed by atoms with van der Waals surface area (Å²) in [5, 5.41) is 0.986. The van der Waals surface area contributed by atoms with E-state index in [1.165, 1.54) is 12.3 Å². The molecule has 0 unspecified atom stereocenters. The Morgan fingerprint density at radius 3 is 2.62 bits per heavy atom. The van der Waals surface area contributed by atoms with Crippen LogP contribution in [0.3, 0.4) is 0 Å². The minimum Gasteiger partial charge on any atom is -0.288 e. The molecule has 0 fully saturated rings. The third-order valence-corrected chi connectivity index (χ3v) is 1.69. The van der Waals surface area contributed by atoms with E-state index in [9.17, 15) is 4.79 Å². The maximum atomic E-state index is 10.9. The van der Waals surface area contributed by atoms with Crippen LogP contribution in [0.5, 0.6) is 0 Å². The first-order valence-corrected chi connectivity index (χ1v) is 3.71. The predicted octanol–water partition coefficient (Wildman–Crippen LogP) is 2.02. The van der Waals surface area contributed by atoms with Gasteiger partial charge in [0.2, 0.25) is 0 Å². The molecule has 3 heteroatoms. The highest BCUT2D eigenvalue weighted by Crippen LogP contribution is 2.06. The molecule has 1 heterocycles. The van der Waals surface area contributed by atoms with E-state index in [0.717, 1.165) is 10.9 Å². The van der Waals surface area contributed by atoms with Gasteiger partial charge in [0.15, 0.2) is 5.43 Å². The molecule has 0 saturated carbocycles. The highest BCUT2D eigenvalue weighted by Gasteiger charge is 1.88. The summed E-state index contributed by atoms with van der Waals surface area (Å²) in [5.41, 5.74) is 0.783. The average molecular weight is 194 g/mol. The molecule has 2 nitrogen and oxygen atoms in total. The van der Waals surface area contributed by atoms with Crippen molar-refractivity contribution in [2.24, 2.45) is 0 Å². The molecule has 0 amide bonds. The summed E-state index contributed by atoms with van der Waals surface area (Å²) >= 11 is 0. The second-order valence-electron chi connectivity index (χ2n) is 2.55. The number of aromatic nitrogens is 1. The first-order valence-electron chi connectivity index (χ1n) is 3.71. The number of benzene rings is 1. The fraction of sp³-hybridized carbons (Fsp3) is 0. The number of rotatable bonds is 0. The van der Waals surface area contributed by atoms with Crippen molar-refractivity contribution in [2.75, 3.05) is 0 Å². The number of para-hydroxylation sites is 1. The van der Waals surface area contributed by atoms with Crippen LogP contribution in [-0.2, 0) is 0 Å². The van der Waals surface area contributed by atoms with Gasteiger partial charge in [-0.05, 0) is 18.2 Å². The van der Waals surface area contributed by atoms with Gasteiger partial charge < -0.3 is 0 Å². The standard InChI is InChI=1S/C10H7NO.ClH/c12-9-6-5-8-3-1-2-4-10(8)11-7-9;/h1-7H;1H. The van der Waals surface area contributed by atoms with Gasteiger partial charge in [-0.15, -0.1) is 12.4 Å². The molecule has 66 valence electrons. The van der Waals surface area contributed by atoms with Gasteiger partial charge in [0.05, 0.1) is 11.7 Å². The van der Waals surface area contributed by atoms with Gasteiger partial charge in [0.25, 0.3) is 0 Å². The summed E-state index contributed by atoms with van der Waals surface area (Å²) in [4.78, 5) is 14.9. The molecule has 0 aliphatic carbocycles. The van der Waals surface area contributed by atoms with Crippen molar-refractivity contribution in [3.05, 3.63) is 52.8 Å². The van der Waals surface area contributed by atoms with Crippen molar-refractivity contribution in [1.29, 1.82) is 0 Å². The summed E-state index contributed by atoms with van der Waals surface area (Å²) in [6, 6.07) is 10.9. The summed E-state index contributed by atoms with van der Waals surface area (Å²) in [6.07, 6.45) is 1.34. The van der Waals surface area contributed by atoms with Crippen LogP contribution in [0, 0.1) is 0 Å². The van der Waals surface area contributed by atoms with Gasteiger partial charge in [0.1, 0.15) is 0 Å². The van der Waals surface area contributed by atoms with Gasteiger partial charge in [-0.3, -0.25) is 9.78 Å². The third-order valence-electron chi connectivity index (χ3n) is 1.69. The fourth-order valence-electron chi connectivity index (χ4n) is 1.09. The lowest BCUT2D eigenvalue weighted by molar-refractivity contribution is 1.40. The van der Waals surface area contributed by atoms with Crippen LogP contribution in [0.1, 0.15) is 0 Å². The summed E-state index contributed by atoms with van der Waals surface area (Å²) < 4.78 is 0. The maximum absolute atomic E-state index is 10.9. The molecule has 1 aromatic carbocycles. The number of nitrogens with zero attached hydrogens (tertiary/aromatic N) is 1. The van der Waals surface area contributed by atoms with Gasteiger partial charge in [-0.2, -0.15) is 0 Å². The fourth-order valence-corrected chi connectivity index (χ4v) is 1.09. The Morgan fingerprint density at radius 1 is 1.00 bits per heavy atom. The molecule has 1 aromatic heterocycles. The molecule has 0 radical (unpaired) electrons. The molecule has 0 N–H and O–H groups in total. The molecule has 2 aromatic rings. The van der Waals surface area contributed by atoms with E-state index in [0.29, 0.717) is 0 Å². The highest BCUT2D eigenvalue weighted by atomic mass is 35.5. The van der Waals surface area contributed by atoms with E-state index < -0.39 is 0 Å². The largest absolute Gasteiger partial charge is 0.288 e. The Bertz CT molecular complexity index is 429. The van der Waals surface area contributed by atoms with Gasteiger partial charge >= 0.3 is 0 Å². The van der Waals surface area contributed by atoms with Gasteiger partial charge in [-0.1, -0.05) is 18.2 Å². The van der Waals surface area contributed by atoms with Gasteiger partial charge in [0, 0.05) is 5.39 Å². The van der Waals surface area contributed by atoms with Crippen LogP contribution in [0.4, 0.5) is 0 Å². The van der Waals surface area contributed by atoms with Crippen molar-refractivity contribution >= 4 is 23.3 Å². The van der Waals surface area contributed by atoms with E-state index in [4.69, 9.17) is 0 Å². The zero-order chi connectivity index (χ0) is 8.39. The lowest BCUT2D eigenvalue weighted by atomic mass is 10.2. The molecule has 0 aliphatic rings. The summed E-state index contributed by atoms with van der Waals surface area (Å²) in [5.74, 6) is 0. The molecule has 0 aliphatic heterocycles. The molecule has 2 rings (SSSR count). The summed E-state index contributed by atoms with van der Waals surface area (Å²) in [7, 11) is 0. The topological polar surface area (TPSA) is 30.0 Å². The second kappa shape index (κ2) is 4.01. The smallest absolute Gasteiger partial charge is 0.196 e. The minimum absolute atomic E-state index is 0. The van der Waals surface area contributed by atoms with E-state index in [1.54, 1.807) is 6.07 Å².